The number of hydrogen-bond donors (Lipinski definition) is 2. The maximum Gasteiger partial charge on any atom is 0.232 e. The Morgan fingerprint density at radius 1 is 1.30 bits per heavy atom. The van der Waals surface area contributed by atoms with Crippen LogP contribution in [0, 0.1) is 0 Å². The van der Waals surface area contributed by atoms with E-state index in [0.29, 0.717) is 27.6 Å². The van der Waals surface area contributed by atoms with Gasteiger partial charge in [0.05, 0.1) is 10.8 Å². The van der Waals surface area contributed by atoms with Crippen LogP contribution < -0.4 is 10.0 Å². The zero-order valence-electron chi connectivity index (χ0n) is 11.6. The number of rotatable bonds is 8. The molecule has 0 aliphatic carbocycles. The summed E-state index contributed by atoms with van der Waals surface area (Å²) in [5, 5.41) is 3.81. The lowest BCUT2D eigenvalue weighted by Crippen LogP contribution is -2.24. The Bertz CT molecular complexity index is 535. The minimum absolute atomic E-state index is 0.118. The molecule has 1 aromatic rings. The van der Waals surface area contributed by atoms with Crippen molar-refractivity contribution < 1.29 is 8.42 Å². The molecule has 0 spiro atoms. The lowest BCUT2D eigenvalue weighted by atomic mass is 10.3. The molecule has 0 heterocycles. The predicted octanol–water partition coefficient (Wildman–Crippen LogP) is 3.62. The standard InChI is InChI=1S/C13H20BrClN2O2S/c1-10(2)16-7-3-4-8-20(18,19)17-11-5-6-13(15)12(14)9-11/h5-6,9-10,16-17H,3-4,7-8H2,1-2H3. The summed E-state index contributed by atoms with van der Waals surface area (Å²) >= 11 is 9.13. The summed E-state index contributed by atoms with van der Waals surface area (Å²) in [4.78, 5) is 0. The number of hydrogen-bond acceptors (Lipinski definition) is 3. The van der Waals surface area contributed by atoms with Gasteiger partial charge in [0, 0.05) is 16.2 Å². The van der Waals surface area contributed by atoms with E-state index in [1.807, 2.05) is 0 Å². The summed E-state index contributed by atoms with van der Waals surface area (Å²) in [7, 11) is -3.31. The molecule has 0 fully saturated rings. The fourth-order valence-electron chi connectivity index (χ4n) is 1.60. The highest BCUT2D eigenvalue weighted by Crippen LogP contribution is 2.26. The van der Waals surface area contributed by atoms with Crippen LogP contribution in [0.15, 0.2) is 22.7 Å². The van der Waals surface area contributed by atoms with Crippen LogP contribution in [-0.2, 0) is 10.0 Å². The van der Waals surface area contributed by atoms with Crippen molar-refractivity contribution in [1.82, 2.24) is 5.32 Å². The molecule has 0 aromatic heterocycles. The third kappa shape index (κ3) is 6.92. The third-order valence-electron chi connectivity index (χ3n) is 2.59. The first kappa shape index (κ1) is 17.8. The zero-order valence-corrected chi connectivity index (χ0v) is 14.8. The molecule has 0 saturated heterocycles. The fourth-order valence-corrected chi connectivity index (χ4v) is 3.27. The van der Waals surface area contributed by atoms with Gasteiger partial charge in [0.1, 0.15) is 0 Å². The molecule has 7 heteroatoms. The smallest absolute Gasteiger partial charge is 0.232 e. The molecule has 0 aliphatic heterocycles. The van der Waals surface area contributed by atoms with Crippen molar-refractivity contribution in [3.05, 3.63) is 27.7 Å². The number of sulfonamides is 1. The van der Waals surface area contributed by atoms with E-state index in [2.05, 4.69) is 39.8 Å². The van der Waals surface area contributed by atoms with Crippen molar-refractivity contribution in [3.63, 3.8) is 0 Å². The molecular formula is C13H20BrClN2O2S. The molecule has 1 rings (SSSR count). The molecule has 0 bridgehead atoms. The molecule has 1 aromatic carbocycles. The van der Waals surface area contributed by atoms with Gasteiger partial charge in [-0.1, -0.05) is 25.4 Å². The van der Waals surface area contributed by atoms with Gasteiger partial charge in [-0.15, -0.1) is 0 Å². The van der Waals surface area contributed by atoms with Crippen LogP contribution in [0.1, 0.15) is 26.7 Å². The second-order valence-electron chi connectivity index (χ2n) is 4.87. The quantitative estimate of drug-likeness (QED) is 0.674. The van der Waals surface area contributed by atoms with Gasteiger partial charge in [-0.05, 0) is 53.5 Å². The Morgan fingerprint density at radius 3 is 2.60 bits per heavy atom. The lowest BCUT2D eigenvalue weighted by molar-refractivity contribution is 0.561. The van der Waals surface area contributed by atoms with Crippen LogP contribution in [0.25, 0.3) is 0 Å². The number of unbranched alkanes of at least 4 members (excludes halogenated alkanes) is 1. The molecule has 0 amide bonds. The van der Waals surface area contributed by atoms with Crippen molar-refractivity contribution in [3.8, 4) is 0 Å². The maximum absolute atomic E-state index is 11.9. The first-order valence-electron chi connectivity index (χ1n) is 6.49. The molecule has 0 radical (unpaired) electrons. The summed E-state index contributed by atoms with van der Waals surface area (Å²) in [5.41, 5.74) is 0.515. The second kappa shape index (κ2) is 8.22. The molecule has 0 unspecified atom stereocenters. The Hall–Kier alpha value is -0.300. The van der Waals surface area contributed by atoms with Crippen molar-refractivity contribution in [2.75, 3.05) is 17.0 Å². The van der Waals surface area contributed by atoms with Gasteiger partial charge in [0.15, 0.2) is 0 Å². The third-order valence-corrected chi connectivity index (χ3v) is 5.17. The molecule has 0 saturated carbocycles. The van der Waals surface area contributed by atoms with Crippen LogP contribution in [0.2, 0.25) is 5.02 Å². The number of benzene rings is 1. The fraction of sp³-hybridized carbons (Fsp3) is 0.538. The topological polar surface area (TPSA) is 58.2 Å². The van der Waals surface area contributed by atoms with Gasteiger partial charge in [-0.25, -0.2) is 8.42 Å². The molecular weight excluding hydrogens is 364 g/mol. The largest absolute Gasteiger partial charge is 0.315 e. The van der Waals surface area contributed by atoms with Gasteiger partial charge in [-0.3, -0.25) is 4.72 Å². The summed E-state index contributed by atoms with van der Waals surface area (Å²) in [6.45, 7) is 4.97. The summed E-state index contributed by atoms with van der Waals surface area (Å²) in [5.74, 6) is 0.118. The van der Waals surface area contributed by atoms with Crippen molar-refractivity contribution in [2.24, 2.45) is 0 Å². The maximum atomic E-state index is 11.9. The second-order valence-corrected chi connectivity index (χ2v) is 7.97. The van der Waals surface area contributed by atoms with Gasteiger partial charge < -0.3 is 5.32 Å². The molecule has 0 aliphatic rings. The molecule has 114 valence electrons. The van der Waals surface area contributed by atoms with E-state index in [4.69, 9.17) is 11.6 Å². The normalized spacial score (nSPS) is 11.8. The first-order valence-corrected chi connectivity index (χ1v) is 9.31. The van der Waals surface area contributed by atoms with Gasteiger partial charge >= 0.3 is 0 Å². The number of nitrogens with one attached hydrogen (secondary N) is 2. The van der Waals surface area contributed by atoms with Gasteiger partial charge in [0.2, 0.25) is 10.0 Å². The van der Waals surface area contributed by atoms with E-state index >= 15 is 0 Å². The monoisotopic (exact) mass is 382 g/mol. The van der Waals surface area contributed by atoms with Crippen molar-refractivity contribution in [1.29, 1.82) is 0 Å². The van der Waals surface area contributed by atoms with E-state index in [1.165, 1.54) is 0 Å². The minimum Gasteiger partial charge on any atom is -0.315 e. The first-order chi connectivity index (χ1) is 9.30. The van der Waals surface area contributed by atoms with Crippen LogP contribution in [-0.4, -0.2) is 26.8 Å². The van der Waals surface area contributed by atoms with Crippen LogP contribution in [0.5, 0.6) is 0 Å². The highest BCUT2D eigenvalue weighted by molar-refractivity contribution is 9.10. The van der Waals surface area contributed by atoms with Crippen molar-refractivity contribution in [2.45, 2.75) is 32.7 Å². The molecule has 4 nitrogen and oxygen atoms in total. The molecule has 20 heavy (non-hydrogen) atoms. The van der Waals surface area contributed by atoms with Crippen LogP contribution >= 0.6 is 27.5 Å². The van der Waals surface area contributed by atoms with Crippen molar-refractivity contribution >= 4 is 43.2 Å². The zero-order chi connectivity index (χ0) is 15.2. The Labute approximate surface area is 134 Å². The number of anilines is 1. The Balaban J connectivity index is 2.43. The summed E-state index contributed by atoms with van der Waals surface area (Å²) in [6, 6.07) is 5.37. The highest BCUT2D eigenvalue weighted by Gasteiger charge is 2.10. The minimum atomic E-state index is -3.31. The van der Waals surface area contributed by atoms with E-state index in [9.17, 15) is 8.42 Å². The van der Waals surface area contributed by atoms with E-state index in [1.54, 1.807) is 18.2 Å². The van der Waals surface area contributed by atoms with Crippen LogP contribution in [0.3, 0.4) is 0 Å². The summed E-state index contributed by atoms with van der Waals surface area (Å²) in [6.07, 6.45) is 1.47. The van der Waals surface area contributed by atoms with E-state index < -0.39 is 10.0 Å². The average molecular weight is 384 g/mol. The average Bonchev–Trinajstić information content (AvgIpc) is 2.32. The van der Waals surface area contributed by atoms with E-state index in [0.717, 1.165) is 13.0 Å². The number of halogens is 2. The SMILES string of the molecule is CC(C)NCCCCS(=O)(=O)Nc1ccc(Cl)c(Br)c1. The Morgan fingerprint density at radius 2 is 2.00 bits per heavy atom. The highest BCUT2D eigenvalue weighted by atomic mass is 79.9. The summed E-state index contributed by atoms with van der Waals surface area (Å²) < 4.78 is 27.0. The Kier molecular flexibility index (Phi) is 7.29. The van der Waals surface area contributed by atoms with Gasteiger partial charge in [-0.2, -0.15) is 0 Å². The van der Waals surface area contributed by atoms with Gasteiger partial charge in [0.25, 0.3) is 0 Å². The van der Waals surface area contributed by atoms with E-state index in [-0.39, 0.29) is 5.75 Å². The predicted molar refractivity (Wildman–Crippen MR) is 88.9 cm³/mol. The molecule has 2 N–H and O–H groups in total. The van der Waals surface area contributed by atoms with Crippen LogP contribution in [0.4, 0.5) is 5.69 Å². The lowest BCUT2D eigenvalue weighted by Gasteiger charge is -2.10. The molecule has 0 atom stereocenters.